The molecule has 0 unspecified atom stereocenters. The van der Waals surface area contributed by atoms with Crippen LogP contribution in [0.15, 0.2) is 18.2 Å². The molecule has 1 amide bonds. The molecular formula is C14H22N2O2. The first kappa shape index (κ1) is 14.5. The second-order valence-corrected chi connectivity index (χ2v) is 4.16. The molecule has 0 atom stereocenters. The topological polar surface area (TPSA) is 41.6 Å². The molecule has 1 aromatic carbocycles. The van der Waals surface area contributed by atoms with Crippen molar-refractivity contribution in [2.75, 3.05) is 39.2 Å². The van der Waals surface area contributed by atoms with Gasteiger partial charge < -0.3 is 15.0 Å². The smallest absolute Gasteiger partial charge is 0.254 e. The van der Waals surface area contributed by atoms with E-state index < -0.39 is 0 Å². The number of likely N-dealkylation sites (N-methyl/N-ethyl adjacent to an activating group) is 1. The van der Waals surface area contributed by atoms with Gasteiger partial charge in [-0.25, -0.2) is 0 Å². The van der Waals surface area contributed by atoms with Crippen LogP contribution in [0.2, 0.25) is 0 Å². The molecule has 1 N–H and O–H groups in total. The third-order valence-electron chi connectivity index (χ3n) is 2.98. The summed E-state index contributed by atoms with van der Waals surface area (Å²) >= 11 is 0. The molecule has 1 rings (SSSR count). The number of anilines is 1. The van der Waals surface area contributed by atoms with E-state index in [1.54, 1.807) is 12.0 Å². The van der Waals surface area contributed by atoms with Crippen molar-refractivity contribution in [3.8, 4) is 0 Å². The van der Waals surface area contributed by atoms with E-state index in [-0.39, 0.29) is 5.91 Å². The van der Waals surface area contributed by atoms with Gasteiger partial charge in [-0.1, -0.05) is 0 Å². The molecule has 4 nitrogen and oxygen atoms in total. The lowest BCUT2D eigenvalue weighted by atomic mass is 10.1. The summed E-state index contributed by atoms with van der Waals surface area (Å²) < 4.78 is 5.02. The molecule has 0 aliphatic carbocycles. The van der Waals surface area contributed by atoms with Gasteiger partial charge in [-0.15, -0.1) is 0 Å². The van der Waals surface area contributed by atoms with Crippen LogP contribution in [0.4, 0.5) is 5.69 Å². The zero-order valence-corrected chi connectivity index (χ0v) is 11.6. The number of nitrogens with zero attached hydrogens (tertiary/aromatic N) is 1. The molecule has 100 valence electrons. The molecule has 0 saturated carbocycles. The van der Waals surface area contributed by atoms with E-state index in [0.29, 0.717) is 19.7 Å². The highest BCUT2D eigenvalue weighted by Gasteiger charge is 2.15. The Bertz CT molecular complexity index is 405. The van der Waals surface area contributed by atoms with Crippen LogP contribution in [0.5, 0.6) is 0 Å². The standard InChI is InChI=1S/C14H22N2O2/c1-5-16(8-9-18-4)14(17)13-7-6-12(15-3)10-11(13)2/h6-7,10,15H,5,8-9H2,1-4H3. The molecule has 0 aromatic heterocycles. The molecule has 0 aliphatic heterocycles. The van der Waals surface area contributed by atoms with Gasteiger partial charge in [-0.2, -0.15) is 0 Å². The summed E-state index contributed by atoms with van der Waals surface area (Å²) in [4.78, 5) is 14.1. The number of benzene rings is 1. The van der Waals surface area contributed by atoms with E-state index in [4.69, 9.17) is 4.74 Å². The minimum Gasteiger partial charge on any atom is -0.388 e. The van der Waals surface area contributed by atoms with Gasteiger partial charge in [-0.3, -0.25) is 4.79 Å². The van der Waals surface area contributed by atoms with Gasteiger partial charge in [0.05, 0.1) is 6.61 Å². The van der Waals surface area contributed by atoms with Crippen molar-refractivity contribution in [3.63, 3.8) is 0 Å². The second kappa shape index (κ2) is 7.01. The highest BCUT2D eigenvalue weighted by Crippen LogP contribution is 2.16. The van der Waals surface area contributed by atoms with Crippen LogP contribution >= 0.6 is 0 Å². The monoisotopic (exact) mass is 250 g/mol. The molecule has 0 fully saturated rings. The van der Waals surface area contributed by atoms with E-state index in [2.05, 4.69) is 5.32 Å². The first-order valence-electron chi connectivity index (χ1n) is 6.20. The van der Waals surface area contributed by atoms with Crippen LogP contribution in [0, 0.1) is 6.92 Å². The Kier molecular flexibility index (Phi) is 5.65. The van der Waals surface area contributed by atoms with E-state index in [1.165, 1.54) is 0 Å². The predicted octanol–water partition coefficient (Wildman–Crippen LogP) is 2.15. The van der Waals surface area contributed by atoms with Gasteiger partial charge in [0.1, 0.15) is 0 Å². The first-order chi connectivity index (χ1) is 8.63. The minimum atomic E-state index is 0.0645. The Morgan fingerprint density at radius 1 is 1.44 bits per heavy atom. The molecule has 0 heterocycles. The lowest BCUT2D eigenvalue weighted by Gasteiger charge is -2.21. The molecule has 4 heteroatoms. The second-order valence-electron chi connectivity index (χ2n) is 4.16. The highest BCUT2D eigenvalue weighted by molar-refractivity contribution is 5.96. The van der Waals surface area contributed by atoms with Gasteiger partial charge >= 0.3 is 0 Å². The van der Waals surface area contributed by atoms with E-state index in [0.717, 1.165) is 16.8 Å². The molecule has 1 aromatic rings. The van der Waals surface area contributed by atoms with Crippen LogP contribution in [0.25, 0.3) is 0 Å². The molecule has 0 bridgehead atoms. The number of nitrogens with one attached hydrogen (secondary N) is 1. The number of hydrogen-bond donors (Lipinski definition) is 1. The number of hydrogen-bond acceptors (Lipinski definition) is 3. The molecule has 18 heavy (non-hydrogen) atoms. The maximum Gasteiger partial charge on any atom is 0.254 e. The zero-order valence-electron chi connectivity index (χ0n) is 11.6. The van der Waals surface area contributed by atoms with Gasteiger partial charge in [0, 0.05) is 38.5 Å². The molecule has 0 spiro atoms. The van der Waals surface area contributed by atoms with E-state index in [9.17, 15) is 4.79 Å². The Morgan fingerprint density at radius 3 is 2.67 bits per heavy atom. The summed E-state index contributed by atoms with van der Waals surface area (Å²) in [5.41, 5.74) is 2.76. The first-order valence-corrected chi connectivity index (χ1v) is 6.20. The number of rotatable bonds is 6. The molecular weight excluding hydrogens is 228 g/mol. The summed E-state index contributed by atoms with van der Waals surface area (Å²) in [5.74, 6) is 0.0645. The van der Waals surface area contributed by atoms with Crippen molar-refractivity contribution < 1.29 is 9.53 Å². The number of ether oxygens (including phenoxy) is 1. The number of methoxy groups -OCH3 is 1. The highest BCUT2D eigenvalue weighted by atomic mass is 16.5. The summed E-state index contributed by atoms with van der Waals surface area (Å²) in [6, 6.07) is 5.78. The molecule has 0 radical (unpaired) electrons. The average Bonchev–Trinajstić information content (AvgIpc) is 2.39. The van der Waals surface area contributed by atoms with Gasteiger partial charge in [-0.05, 0) is 37.6 Å². The summed E-state index contributed by atoms with van der Waals surface area (Å²) in [6.45, 7) is 5.81. The van der Waals surface area contributed by atoms with Crippen LogP contribution < -0.4 is 5.32 Å². The predicted molar refractivity (Wildman–Crippen MR) is 74.2 cm³/mol. The third kappa shape index (κ3) is 3.47. The van der Waals surface area contributed by atoms with Crippen LogP contribution in [-0.4, -0.2) is 44.7 Å². The van der Waals surface area contributed by atoms with Gasteiger partial charge in [0.25, 0.3) is 5.91 Å². The van der Waals surface area contributed by atoms with Crippen molar-refractivity contribution in [1.82, 2.24) is 4.90 Å². The van der Waals surface area contributed by atoms with Crippen LogP contribution in [0.1, 0.15) is 22.8 Å². The largest absolute Gasteiger partial charge is 0.388 e. The van der Waals surface area contributed by atoms with Gasteiger partial charge in [0.2, 0.25) is 0 Å². The average molecular weight is 250 g/mol. The SMILES string of the molecule is CCN(CCOC)C(=O)c1ccc(NC)cc1C. The number of aryl methyl sites for hydroxylation is 1. The van der Waals surface area contributed by atoms with Crippen molar-refractivity contribution in [3.05, 3.63) is 29.3 Å². The number of carbonyl (C=O) groups is 1. The fourth-order valence-corrected chi connectivity index (χ4v) is 1.83. The van der Waals surface area contributed by atoms with Crippen LogP contribution in [-0.2, 0) is 4.74 Å². The Labute approximate surface area is 109 Å². The van der Waals surface area contributed by atoms with E-state index >= 15 is 0 Å². The third-order valence-corrected chi connectivity index (χ3v) is 2.98. The van der Waals surface area contributed by atoms with E-state index in [1.807, 2.05) is 39.1 Å². The van der Waals surface area contributed by atoms with Crippen molar-refractivity contribution >= 4 is 11.6 Å². The van der Waals surface area contributed by atoms with Crippen molar-refractivity contribution in [2.45, 2.75) is 13.8 Å². The maximum absolute atomic E-state index is 12.4. The lowest BCUT2D eigenvalue weighted by molar-refractivity contribution is 0.0706. The summed E-state index contributed by atoms with van der Waals surface area (Å²) in [5, 5.41) is 3.07. The number of amides is 1. The summed E-state index contributed by atoms with van der Waals surface area (Å²) in [6.07, 6.45) is 0. The Balaban J connectivity index is 2.87. The molecule has 0 saturated heterocycles. The fraction of sp³-hybridized carbons (Fsp3) is 0.500. The zero-order chi connectivity index (χ0) is 13.5. The Hall–Kier alpha value is -1.55. The minimum absolute atomic E-state index is 0.0645. The van der Waals surface area contributed by atoms with Crippen molar-refractivity contribution in [2.24, 2.45) is 0 Å². The maximum atomic E-state index is 12.4. The van der Waals surface area contributed by atoms with Gasteiger partial charge in [0.15, 0.2) is 0 Å². The lowest BCUT2D eigenvalue weighted by Crippen LogP contribution is -2.34. The fourth-order valence-electron chi connectivity index (χ4n) is 1.83. The van der Waals surface area contributed by atoms with Crippen LogP contribution in [0.3, 0.4) is 0 Å². The van der Waals surface area contributed by atoms with Crippen molar-refractivity contribution in [1.29, 1.82) is 0 Å². The summed E-state index contributed by atoms with van der Waals surface area (Å²) in [7, 11) is 3.51. The molecule has 0 aliphatic rings. The quantitative estimate of drug-likeness (QED) is 0.841. The number of carbonyl (C=O) groups excluding carboxylic acids is 1. The Morgan fingerprint density at radius 2 is 2.17 bits per heavy atom. The normalized spacial score (nSPS) is 10.2.